The number of alkyl halides is 5. The van der Waals surface area contributed by atoms with Gasteiger partial charge in [0.25, 0.3) is 0 Å². The minimum Gasteiger partial charge on any atom is -0.444 e. The van der Waals surface area contributed by atoms with E-state index < -0.39 is 66.2 Å². The van der Waals surface area contributed by atoms with Gasteiger partial charge >= 0.3 is 12.3 Å². The first-order valence-corrected chi connectivity index (χ1v) is 11.2. The second-order valence-corrected chi connectivity index (χ2v) is 9.73. The number of carbonyl (C=O) groups excluding carboxylic acids is 2. The number of hydrazone groups is 1. The number of amides is 2. The van der Waals surface area contributed by atoms with Gasteiger partial charge < -0.3 is 25.7 Å². The lowest BCUT2D eigenvalue weighted by Gasteiger charge is -2.38. The van der Waals surface area contributed by atoms with Crippen LogP contribution in [0.1, 0.15) is 40.0 Å². The van der Waals surface area contributed by atoms with Gasteiger partial charge in [0.2, 0.25) is 11.7 Å². The molecule has 14 heteroatoms. The molecule has 0 spiro atoms. The summed E-state index contributed by atoms with van der Waals surface area (Å²) in [5.74, 6) is 0.743. The van der Waals surface area contributed by atoms with Gasteiger partial charge in [0.05, 0.1) is 6.54 Å². The van der Waals surface area contributed by atoms with Crippen molar-refractivity contribution in [3.05, 3.63) is 24.2 Å². The lowest BCUT2D eigenvalue weighted by atomic mass is 9.85. The fourth-order valence-corrected chi connectivity index (χ4v) is 4.03. The second kappa shape index (κ2) is 11.4. The Morgan fingerprint density at radius 3 is 2.44 bits per heavy atom. The first kappa shape index (κ1) is 29.3. The van der Waals surface area contributed by atoms with Crippen LogP contribution in [0.4, 0.5) is 31.1 Å². The summed E-state index contributed by atoms with van der Waals surface area (Å²) in [7, 11) is 0. The first-order valence-electron chi connectivity index (χ1n) is 11.2. The van der Waals surface area contributed by atoms with E-state index in [-0.39, 0.29) is 38.2 Å². The van der Waals surface area contributed by atoms with E-state index in [1.165, 1.54) is 4.90 Å². The molecule has 1 fully saturated rings. The predicted molar refractivity (Wildman–Crippen MR) is 120 cm³/mol. The van der Waals surface area contributed by atoms with Crippen LogP contribution in [0, 0.1) is 5.92 Å². The summed E-state index contributed by atoms with van der Waals surface area (Å²) in [5.41, 5.74) is -0.957. The van der Waals surface area contributed by atoms with E-state index in [2.05, 4.69) is 17.0 Å². The van der Waals surface area contributed by atoms with Gasteiger partial charge in [-0.05, 0) is 45.6 Å². The zero-order valence-corrected chi connectivity index (χ0v) is 20.2. The van der Waals surface area contributed by atoms with Crippen molar-refractivity contribution in [3.8, 4) is 0 Å². The van der Waals surface area contributed by atoms with E-state index in [0.29, 0.717) is 6.08 Å². The Kier molecular flexibility index (Phi) is 9.29. The molecule has 0 aromatic rings. The van der Waals surface area contributed by atoms with Crippen LogP contribution in [0.5, 0.6) is 0 Å². The molecular formula is C22H31F6N5O3. The number of nitrogens with zero attached hydrogens (tertiary/aromatic N) is 3. The average Bonchev–Trinajstić information content (AvgIpc) is 2.71. The summed E-state index contributed by atoms with van der Waals surface area (Å²) in [5, 5.41) is 5.27. The molecule has 0 radical (unpaired) electrons. The number of hydrogen-bond donors (Lipinski definition) is 2. The maximum absolute atomic E-state index is 14.4. The Labute approximate surface area is 205 Å². The van der Waals surface area contributed by atoms with Crippen LogP contribution in [0.25, 0.3) is 0 Å². The molecule has 204 valence electrons. The first-order chi connectivity index (χ1) is 16.5. The van der Waals surface area contributed by atoms with Gasteiger partial charge in [-0.3, -0.25) is 4.79 Å². The van der Waals surface area contributed by atoms with Gasteiger partial charge in [0.15, 0.2) is 6.17 Å². The molecule has 2 rings (SSSR count). The number of halogens is 6. The van der Waals surface area contributed by atoms with Crippen molar-refractivity contribution in [2.24, 2.45) is 16.9 Å². The lowest BCUT2D eigenvalue weighted by molar-refractivity contribution is -0.132. The average molecular weight is 528 g/mol. The van der Waals surface area contributed by atoms with Crippen LogP contribution >= 0.6 is 0 Å². The topological polar surface area (TPSA) is 100 Å². The number of piperazine rings is 1. The van der Waals surface area contributed by atoms with Gasteiger partial charge in [-0.15, -0.1) is 0 Å². The molecule has 2 amide bonds. The number of amidine groups is 1. The third-order valence-corrected chi connectivity index (χ3v) is 5.64. The van der Waals surface area contributed by atoms with Crippen molar-refractivity contribution in [1.29, 1.82) is 0 Å². The van der Waals surface area contributed by atoms with Gasteiger partial charge in [0, 0.05) is 31.2 Å². The Bertz CT molecular complexity index is 902. The third-order valence-electron chi connectivity index (χ3n) is 5.64. The summed E-state index contributed by atoms with van der Waals surface area (Å²) >= 11 is 0. The molecule has 1 saturated heterocycles. The largest absolute Gasteiger partial charge is 0.451 e. The highest BCUT2D eigenvalue weighted by Crippen LogP contribution is 2.33. The van der Waals surface area contributed by atoms with Gasteiger partial charge in [0.1, 0.15) is 17.6 Å². The lowest BCUT2D eigenvalue weighted by Crippen LogP contribution is -2.53. The second-order valence-electron chi connectivity index (χ2n) is 9.73. The zero-order chi connectivity index (χ0) is 27.4. The third kappa shape index (κ3) is 8.05. The molecule has 1 aliphatic heterocycles. The van der Waals surface area contributed by atoms with Crippen LogP contribution in [0.3, 0.4) is 0 Å². The Morgan fingerprint density at radius 1 is 1.28 bits per heavy atom. The van der Waals surface area contributed by atoms with Crippen molar-refractivity contribution >= 4 is 17.8 Å². The van der Waals surface area contributed by atoms with Crippen molar-refractivity contribution in [1.82, 2.24) is 15.1 Å². The van der Waals surface area contributed by atoms with Crippen molar-refractivity contribution in [2.45, 2.75) is 70.2 Å². The number of allylic oxidation sites excluding steroid dienone is 2. The van der Waals surface area contributed by atoms with Crippen LogP contribution in [-0.2, 0) is 9.53 Å². The Balaban J connectivity index is 2.11. The van der Waals surface area contributed by atoms with Gasteiger partial charge in [-0.1, -0.05) is 6.58 Å². The van der Waals surface area contributed by atoms with Crippen molar-refractivity contribution < 1.29 is 40.7 Å². The molecule has 8 nitrogen and oxygen atoms in total. The highest BCUT2D eigenvalue weighted by molar-refractivity contribution is 5.89. The highest BCUT2D eigenvalue weighted by Gasteiger charge is 2.43. The molecule has 0 bridgehead atoms. The summed E-state index contributed by atoms with van der Waals surface area (Å²) in [4.78, 5) is 27.3. The van der Waals surface area contributed by atoms with Crippen LogP contribution in [-0.4, -0.2) is 77.4 Å². The highest BCUT2D eigenvalue weighted by atomic mass is 19.4. The standard InChI is InChI=1S/C22H31F6N5O3/c1-12-11-32(5-6-33(12)19(31-29)22(26,27)28)18(34)9-14(30-20(35)36-21(2,3)4)7-13-8-16(24)17(25)10-15(13)23/h10,13-16H,1,5-9,11,29H2,2-4H3,(H,30,35)/b31-19-/t13?,14-,15+,16+/m1/s1. The van der Waals surface area contributed by atoms with Crippen molar-refractivity contribution in [2.75, 3.05) is 19.6 Å². The van der Waals surface area contributed by atoms with E-state index in [4.69, 9.17) is 10.6 Å². The fraction of sp³-hybridized carbons (Fsp3) is 0.682. The Hall–Kier alpha value is -2.93. The summed E-state index contributed by atoms with van der Waals surface area (Å²) in [6.45, 7) is 7.70. The summed E-state index contributed by atoms with van der Waals surface area (Å²) in [6, 6.07) is -1.01. The number of alkyl carbamates (subject to hydrolysis) is 1. The van der Waals surface area contributed by atoms with Crippen LogP contribution < -0.4 is 11.2 Å². The van der Waals surface area contributed by atoms with Gasteiger partial charge in [-0.25, -0.2) is 18.0 Å². The molecule has 1 aliphatic carbocycles. The van der Waals surface area contributed by atoms with E-state index in [9.17, 15) is 35.9 Å². The Morgan fingerprint density at radius 2 is 1.92 bits per heavy atom. The van der Waals surface area contributed by atoms with Crippen LogP contribution in [0.2, 0.25) is 0 Å². The normalized spacial score (nSPS) is 24.8. The van der Waals surface area contributed by atoms with E-state index in [1.807, 2.05) is 0 Å². The number of nitrogens with one attached hydrogen (secondary N) is 1. The summed E-state index contributed by atoms with van der Waals surface area (Å²) < 4.78 is 86.2. The predicted octanol–water partition coefficient (Wildman–Crippen LogP) is 3.70. The smallest absolute Gasteiger partial charge is 0.444 e. The van der Waals surface area contributed by atoms with Gasteiger partial charge in [-0.2, -0.15) is 18.3 Å². The maximum Gasteiger partial charge on any atom is 0.451 e. The van der Waals surface area contributed by atoms with E-state index >= 15 is 0 Å². The SMILES string of the molecule is C=C1CN(C(=O)C[C@@H](CC2C[C@H](F)C(F)=C[C@@H]2F)NC(=O)OC(C)(C)C)CCN1/C(=N\N)C(F)(F)F. The molecular weight excluding hydrogens is 496 g/mol. The zero-order valence-electron chi connectivity index (χ0n) is 20.2. The molecule has 0 saturated carbocycles. The number of ether oxygens (including phenoxy) is 1. The summed E-state index contributed by atoms with van der Waals surface area (Å²) in [6.07, 6.45) is -10.1. The van der Waals surface area contributed by atoms with E-state index in [1.54, 1.807) is 20.8 Å². The molecule has 0 aromatic carbocycles. The molecule has 0 aromatic heterocycles. The molecule has 4 atom stereocenters. The van der Waals surface area contributed by atoms with Crippen LogP contribution in [0.15, 0.2) is 29.3 Å². The molecule has 1 heterocycles. The molecule has 2 aliphatic rings. The molecule has 36 heavy (non-hydrogen) atoms. The molecule has 3 N–H and O–H groups in total. The number of hydrogen-bond acceptors (Lipinski definition) is 5. The maximum atomic E-state index is 14.4. The number of rotatable bonds is 5. The number of carbonyl (C=O) groups is 2. The fourth-order valence-electron chi connectivity index (χ4n) is 4.03. The quantitative estimate of drug-likeness (QED) is 0.187. The van der Waals surface area contributed by atoms with E-state index in [0.717, 1.165) is 4.90 Å². The minimum atomic E-state index is -4.82. The number of nitrogens with two attached hydrogens (primary N) is 1. The minimum absolute atomic E-state index is 0.0789. The monoisotopic (exact) mass is 527 g/mol. The molecule has 1 unspecified atom stereocenters. The van der Waals surface area contributed by atoms with Crippen molar-refractivity contribution in [3.63, 3.8) is 0 Å².